The number of hydrogen-bond acceptors (Lipinski definition) is 24. The second-order valence-corrected chi connectivity index (χ2v) is 32.6. The van der Waals surface area contributed by atoms with Gasteiger partial charge in [0, 0.05) is 58.8 Å². The van der Waals surface area contributed by atoms with E-state index in [4.69, 9.17) is 52.1 Å². The number of nitrogens with one attached hydrogen (secondary N) is 8. The van der Waals surface area contributed by atoms with E-state index in [2.05, 4.69) is 69.1 Å². The van der Waals surface area contributed by atoms with Crippen LogP contribution in [0.15, 0.2) is 0 Å². The number of amides is 8. The highest BCUT2D eigenvalue weighted by Gasteiger charge is 2.25. The zero-order valence-electron chi connectivity index (χ0n) is 71.7. The first-order chi connectivity index (χ1) is 52.4. The lowest BCUT2D eigenvalue weighted by atomic mass is 10.0. The fraction of sp³-hybridized carbons (Fsp3) is 0.886. The van der Waals surface area contributed by atoms with Crippen LogP contribution in [-0.4, -0.2) is 288 Å². The molecule has 0 heterocycles. The van der Waals surface area contributed by atoms with Gasteiger partial charge in [-0.15, -0.1) is 0 Å². The molecular weight excluding hydrogens is 1440 g/mol. The Labute approximate surface area is 666 Å². The number of unbranched alkanes of at least 4 members (excludes halogenated alkanes) is 14. The van der Waals surface area contributed by atoms with E-state index in [0.717, 1.165) is 25.7 Å². The molecule has 0 aliphatic rings. The number of carbonyl (C=O) groups excluding carboxylic acids is 9. The smallest absolute Gasteiger partial charge is 0.407 e. The summed E-state index contributed by atoms with van der Waals surface area (Å²) in [6.07, 6.45) is 14.3. The Morgan fingerprint density at radius 1 is 0.261 bits per heavy atom. The molecule has 0 aromatic rings. The number of alkyl carbamates (subject to hydrolysis) is 8. The summed E-state index contributed by atoms with van der Waals surface area (Å²) in [4.78, 5) is 123. The summed E-state index contributed by atoms with van der Waals surface area (Å²) >= 11 is 0. The third kappa shape index (κ3) is 73.3. The minimum atomic E-state index is -1.14. The number of ether oxygens (including phenoxy) is 11. The van der Waals surface area contributed by atoms with Crippen molar-refractivity contribution in [2.75, 3.05) is 173 Å². The van der Waals surface area contributed by atoms with Gasteiger partial charge in [-0.05, 0) is 221 Å². The molecule has 0 aliphatic carbocycles. The van der Waals surface area contributed by atoms with Gasteiger partial charge in [0.2, 0.25) is 0 Å². The Kier molecular flexibility index (Phi) is 60.0. The molecule has 111 heavy (non-hydrogen) atoms. The van der Waals surface area contributed by atoms with Crippen LogP contribution >= 0.6 is 0 Å². The molecule has 32 heteroatoms. The molecule has 650 valence electrons. The van der Waals surface area contributed by atoms with E-state index >= 15 is 0 Å². The Morgan fingerprint density at radius 3 is 0.703 bits per heavy atom. The quantitative estimate of drug-likeness (QED) is 0.0159. The summed E-state index contributed by atoms with van der Waals surface area (Å²) in [5, 5.41) is 22.0. The van der Waals surface area contributed by atoms with Gasteiger partial charge in [0.1, 0.15) is 41.7 Å². The molecule has 2 atom stereocenters. The summed E-state index contributed by atoms with van der Waals surface area (Å²) in [6, 6.07) is 0. The normalized spacial score (nSPS) is 12.7. The first kappa shape index (κ1) is 104. The number of hydrogen-bond donors (Lipinski definition) is 8. The molecule has 0 bridgehead atoms. The zero-order chi connectivity index (χ0) is 83.2. The molecule has 8 N–H and O–H groups in total. The maximum atomic E-state index is 13.7. The molecule has 0 rings (SSSR count). The lowest BCUT2D eigenvalue weighted by Gasteiger charge is -2.23. The first-order valence-electron chi connectivity index (χ1n) is 41.1. The van der Waals surface area contributed by atoms with Crippen molar-refractivity contribution in [2.24, 2.45) is 0 Å². The molecule has 0 fully saturated rings. The lowest BCUT2D eigenvalue weighted by Crippen LogP contribution is -2.39. The molecule has 0 spiro atoms. The summed E-state index contributed by atoms with van der Waals surface area (Å²) in [7, 11) is 7.74. The van der Waals surface area contributed by atoms with E-state index in [9.17, 15) is 43.2 Å². The topological polar surface area (TPSA) is 364 Å². The van der Waals surface area contributed by atoms with E-state index < -0.39 is 109 Å². The lowest BCUT2D eigenvalue weighted by molar-refractivity contribution is -0.158. The van der Waals surface area contributed by atoms with E-state index in [1.54, 1.807) is 83.1 Å². The molecule has 32 nitrogen and oxygen atoms in total. The molecular formula is C79H154N12O20. The third-order valence-corrected chi connectivity index (χ3v) is 16.3. The molecule has 0 radical (unpaired) electrons. The van der Waals surface area contributed by atoms with Crippen LogP contribution in [0, 0.1) is 0 Å². The fourth-order valence-corrected chi connectivity index (χ4v) is 10.7. The van der Waals surface area contributed by atoms with Gasteiger partial charge in [-0.25, -0.2) is 38.4 Å². The van der Waals surface area contributed by atoms with Crippen molar-refractivity contribution in [2.45, 2.75) is 285 Å². The van der Waals surface area contributed by atoms with Gasteiger partial charge in [0.25, 0.3) is 0 Å². The van der Waals surface area contributed by atoms with Gasteiger partial charge in [0.15, 0.2) is 12.2 Å². The zero-order valence-corrected chi connectivity index (χ0v) is 71.7. The van der Waals surface area contributed by atoms with E-state index in [0.29, 0.717) is 136 Å². The van der Waals surface area contributed by atoms with Crippen LogP contribution in [0.25, 0.3) is 0 Å². The van der Waals surface area contributed by atoms with Gasteiger partial charge in [-0.3, -0.25) is 4.79 Å². The Morgan fingerprint density at radius 2 is 0.468 bits per heavy atom. The van der Waals surface area contributed by atoms with Crippen LogP contribution in [-0.2, 0) is 56.9 Å². The molecule has 0 aromatic carbocycles. The van der Waals surface area contributed by atoms with Crippen molar-refractivity contribution in [3.05, 3.63) is 0 Å². The molecule has 0 aliphatic heterocycles. The van der Waals surface area contributed by atoms with Crippen LogP contribution in [0.3, 0.4) is 0 Å². The van der Waals surface area contributed by atoms with Gasteiger partial charge in [-0.2, -0.15) is 0 Å². The summed E-state index contributed by atoms with van der Waals surface area (Å²) < 4.78 is 62.2. The Hall–Kier alpha value is -6.61. The van der Waals surface area contributed by atoms with Crippen molar-refractivity contribution in [3.63, 3.8) is 0 Å². The highest BCUT2D eigenvalue weighted by Crippen LogP contribution is 2.16. The largest absolute Gasteiger partial charge is 0.457 e. The monoisotopic (exact) mass is 1590 g/mol. The molecule has 8 amide bonds. The van der Waals surface area contributed by atoms with Crippen LogP contribution in [0.4, 0.5) is 38.4 Å². The van der Waals surface area contributed by atoms with E-state index in [1.165, 1.54) is 64.2 Å². The average molecular weight is 1590 g/mol. The van der Waals surface area contributed by atoms with Crippen molar-refractivity contribution >= 4 is 54.7 Å². The summed E-state index contributed by atoms with van der Waals surface area (Å²) in [6.45, 7) is 29.9. The maximum Gasteiger partial charge on any atom is 0.407 e. The fourth-order valence-electron chi connectivity index (χ4n) is 10.7. The van der Waals surface area contributed by atoms with Crippen LogP contribution in [0.2, 0.25) is 0 Å². The number of esters is 1. The van der Waals surface area contributed by atoms with Crippen molar-refractivity contribution < 1.29 is 95.3 Å². The predicted molar refractivity (Wildman–Crippen MR) is 430 cm³/mol. The average Bonchev–Trinajstić information content (AvgIpc) is 1.02. The molecule has 0 saturated carbocycles. The number of nitrogens with zero attached hydrogens (tertiary/aromatic N) is 4. The number of carbonyl (C=O) groups is 9. The standard InChI is InChI=1S/C79H154N12O20/c1-18-19-20-21-22-23-24-25-26-27-28-29-30-31-32-41-67(92)105-64(58-101-60-65(106-70(95)82-44-35-52-90(16)56-39-48-86-74(99)110-78(8,9)10)62-103-68(93)80-42-33-50-88(14)54-37-46-84-72(97)108-76(2,3)4)59-102-61-66(107-71(96)83-45-36-53-91(17)57-40-49-87-75(100)111-79(11,12)13)63-104-69(94)81-43-34-51-89(15)55-38-47-85-73(98)109-77(5,6)7/h64-66H,18-63H2,1-17H3,(H,80,93)(H,81,94)(H,82,95)(H,83,96)(H,84,97)(H,85,98)(H,86,99)(H,87,100). The summed E-state index contributed by atoms with van der Waals surface area (Å²) in [5.74, 6) is -0.490. The second kappa shape index (κ2) is 63.8. The Balaban J connectivity index is 6.36. The van der Waals surface area contributed by atoms with Gasteiger partial charge < -0.3 is 114 Å². The van der Waals surface area contributed by atoms with E-state index in [-0.39, 0.29) is 59.0 Å². The van der Waals surface area contributed by atoms with Crippen molar-refractivity contribution in [1.82, 2.24) is 62.1 Å². The molecule has 0 saturated heterocycles. The van der Waals surface area contributed by atoms with E-state index in [1.807, 2.05) is 28.2 Å². The SMILES string of the molecule is CCCCCCCCCCCCCCCCCC(=O)OC(COCC(COC(=O)NCCCN(C)CCCNC(=O)OC(C)(C)C)OC(=O)NCCCN(C)CCCNC(=O)OC(C)(C)C)COCC(COC(=O)NCCCN(C)CCCNC(=O)OC(C)(C)C)OC(=O)NCCCN(C)CCCNC(=O)OC(C)(C)C. The minimum absolute atomic E-state index is 0.133. The predicted octanol–water partition coefficient (Wildman–Crippen LogP) is 11.8. The summed E-state index contributed by atoms with van der Waals surface area (Å²) in [5.41, 5.74) is -2.40. The second-order valence-electron chi connectivity index (χ2n) is 32.6. The third-order valence-electron chi connectivity index (χ3n) is 16.3. The molecule has 2 unspecified atom stereocenters. The maximum absolute atomic E-state index is 13.7. The van der Waals surface area contributed by atoms with Crippen LogP contribution < -0.4 is 42.5 Å². The molecule has 0 aromatic heterocycles. The highest BCUT2D eigenvalue weighted by atomic mass is 16.6. The van der Waals surface area contributed by atoms with Gasteiger partial charge in [0.05, 0.1) is 26.4 Å². The first-order valence-corrected chi connectivity index (χ1v) is 41.1. The van der Waals surface area contributed by atoms with Gasteiger partial charge >= 0.3 is 54.7 Å². The van der Waals surface area contributed by atoms with Crippen LogP contribution in [0.1, 0.15) is 244 Å². The van der Waals surface area contributed by atoms with Crippen molar-refractivity contribution in [1.29, 1.82) is 0 Å². The van der Waals surface area contributed by atoms with Crippen LogP contribution in [0.5, 0.6) is 0 Å². The minimum Gasteiger partial charge on any atom is -0.457 e. The number of rotatable bonds is 63. The highest BCUT2D eigenvalue weighted by molar-refractivity contribution is 5.71. The Bertz CT molecular complexity index is 2330. The van der Waals surface area contributed by atoms with Crippen molar-refractivity contribution in [3.8, 4) is 0 Å². The van der Waals surface area contributed by atoms with Gasteiger partial charge in [-0.1, -0.05) is 96.8 Å².